The second kappa shape index (κ2) is 7.67. The highest BCUT2D eigenvalue weighted by Crippen LogP contribution is 2.18. The smallest absolute Gasteiger partial charge is 0.0217 e. The van der Waals surface area contributed by atoms with Gasteiger partial charge in [-0.05, 0) is 45.8 Å². The third-order valence-corrected chi connectivity index (χ3v) is 4.56. The van der Waals surface area contributed by atoms with E-state index in [1.54, 1.807) is 0 Å². The van der Waals surface area contributed by atoms with Gasteiger partial charge >= 0.3 is 0 Å². The molecule has 0 saturated carbocycles. The zero-order valence-corrected chi connectivity index (χ0v) is 12.7. The van der Waals surface area contributed by atoms with Crippen molar-refractivity contribution in [1.82, 2.24) is 9.80 Å². The maximum atomic E-state index is 3.65. The molecule has 0 radical (unpaired) electrons. The molecule has 2 unspecified atom stereocenters. The standard InChI is InChI=1S/C13H27BrN2/c1-4-6-12(9-14)10-16-8-5-7-13(11-16)15(2)3/h12-13H,4-11H2,1-3H3. The van der Waals surface area contributed by atoms with Gasteiger partial charge in [0, 0.05) is 24.5 Å². The molecule has 0 aromatic carbocycles. The summed E-state index contributed by atoms with van der Waals surface area (Å²) in [7, 11) is 4.42. The average molecular weight is 291 g/mol. The summed E-state index contributed by atoms with van der Waals surface area (Å²) in [5, 5.41) is 1.16. The van der Waals surface area contributed by atoms with Crippen LogP contribution in [0.1, 0.15) is 32.6 Å². The van der Waals surface area contributed by atoms with Crippen LogP contribution in [0.4, 0.5) is 0 Å². The normalized spacial score (nSPS) is 24.9. The van der Waals surface area contributed by atoms with Crippen molar-refractivity contribution in [3.63, 3.8) is 0 Å². The van der Waals surface area contributed by atoms with Crippen LogP contribution >= 0.6 is 15.9 Å². The summed E-state index contributed by atoms with van der Waals surface area (Å²) in [5.41, 5.74) is 0. The average Bonchev–Trinajstić information content (AvgIpc) is 2.29. The highest BCUT2D eigenvalue weighted by molar-refractivity contribution is 9.09. The van der Waals surface area contributed by atoms with E-state index in [0.717, 1.165) is 17.3 Å². The van der Waals surface area contributed by atoms with Gasteiger partial charge in [-0.2, -0.15) is 0 Å². The lowest BCUT2D eigenvalue weighted by atomic mass is 10.0. The summed E-state index contributed by atoms with van der Waals surface area (Å²) in [6.07, 6.45) is 5.40. The van der Waals surface area contributed by atoms with E-state index in [1.165, 1.54) is 45.3 Å². The third kappa shape index (κ3) is 4.72. The van der Waals surface area contributed by atoms with Crippen molar-refractivity contribution in [2.45, 2.75) is 38.6 Å². The molecule has 1 rings (SSSR count). The number of halogens is 1. The molecule has 16 heavy (non-hydrogen) atoms. The highest BCUT2D eigenvalue weighted by atomic mass is 79.9. The van der Waals surface area contributed by atoms with Crippen molar-refractivity contribution >= 4 is 15.9 Å². The van der Waals surface area contributed by atoms with Crippen LogP contribution in [0.25, 0.3) is 0 Å². The third-order valence-electron chi connectivity index (χ3n) is 3.64. The fourth-order valence-electron chi connectivity index (χ4n) is 2.61. The molecule has 0 aromatic rings. The minimum Gasteiger partial charge on any atom is -0.305 e. The lowest BCUT2D eigenvalue weighted by Gasteiger charge is -2.37. The van der Waals surface area contributed by atoms with Gasteiger partial charge in [-0.1, -0.05) is 29.3 Å². The number of nitrogens with zero attached hydrogens (tertiary/aromatic N) is 2. The van der Waals surface area contributed by atoms with Crippen molar-refractivity contribution in [3.05, 3.63) is 0 Å². The van der Waals surface area contributed by atoms with Gasteiger partial charge in [-0.3, -0.25) is 0 Å². The molecule has 3 heteroatoms. The maximum absolute atomic E-state index is 3.65. The van der Waals surface area contributed by atoms with Gasteiger partial charge < -0.3 is 9.80 Å². The van der Waals surface area contributed by atoms with Crippen LogP contribution in [0.5, 0.6) is 0 Å². The van der Waals surface area contributed by atoms with Gasteiger partial charge in [0.25, 0.3) is 0 Å². The van der Waals surface area contributed by atoms with Gasteiger partial charge in [0.2, 0.25) is 0 Å². The summed E-state index contributed by atoms with van der Waals surface area (Å²) in [6.45, 7) is 6.13. The summed E-state index contributed by atoms with van der Waals surface area (Å²) >= 11 is 3.65. The molecule has 0 amide bonds. The number of hydrogen-bond donors (Lipinski definition) is 0. The first-order chi connectivity index (χ1) is 7.67. The van der Waals surface area contributed by atoms with Gasteiger partial charge in [0.1, 0.15) is 0 Å². The first-order valence-electron chi connectivity index (χ1n) is 6.62. The molecular formula is C13H27BrN2. The van der Waals surface area contributed by atoms with Crippen LogP contribution in [0.15, 0.2) is 0 Å². The minimum absolute atomic E-state index is 0.770. The molecule has 1 heterocycles. The molecule has 1 aliphatic heterocycles. The number of likely N-dealkylation sites (tertiary alicyclic amines) is 1. The van der Waals surface area contributed by atoms with E-state index >= 15 is 0 Å². The van der Waals surface area contributed by atoms with E-state index in [9.17, 15) is 0 Å². The van der Waals surface area contributed by atoms with E-state index in [1.807, 2.05) is 0 Å². The largest absolute Gasteiger partial charge is 0.305 e. The molecule has 96 valence electrons. The Morgan fingerprint density at radius 3 is 2.75 bits per heavy atom. The van der Waals surface area contributed by atoms with Gasteiger partial charge in [-0.15, -0.1) is 0 Å². The van der Waals surface area contributed by atoms with Gasteiger partial charge in [0.05, 0.1) is 0 Å². The first kappa shape index (κ1) is 14.5. The molecular weight excluding hydrogens is 264 g/mol. The molecule has 1 saturated heterocycles. The summed E-state index contributed by atoms with van der Waals surface area (Å²) in [6, 6.07) is 0.770. The Hall–Kier alpha value is 0.400. The lowest BCUT2D eigenvalue weighted by Crippen LogP contribution is -2.46. The van der Waals surface area contributed by atoms with Crippen molar-refractivity contribution in [2.24, 2.45) is 5.92 Å². The summed E-state index contributed by atoms with van der Waals surface area (Å²) in [4.78, 5) is 5.05. The molecule has 0 spiro atoms. The molecule has 1 aliphatic rings. The Bertz CT molecular complexity index is 185. The molecule has 0 bridgehead atoms. The number of rotatable bonds is 6. The Morgan fingerprint density at radius 1 is 1.44 bits per heavy atom. The predicted molar refractivity (Wildman–Crippen MR) is 75.3 cm³/mol. The first-order valence-corrected chi connectivity index (χ1v) is 7.74. The molecule has 1 fully saturated rings. The van der Waals surface area contributed by atoms with Crippen LogP contribution in [0.2, 0.25) is 0 Å². The number of likely N-dealkylation sites (N-methyl/N-ethyl adjacent to an activating group) is 1. The van der Waals surface area contributed by atoms with Crippen LogP contribution < -0.4 is 0 Å². The second-order valence-electron chi connectivity index (χ2n) is 5.33. The number of piperidine rings is 1. The molecule has 0 aromatic heterocycles. The quantitative estimate of drug-likeness (QED) is 0.694. The molecule has 0 N–H and O–H groups in total. The van der Waals surface area contributed by atoms with Gasteiger partial charge in [0.15, 0.2) is 0 Å². The zero-order valence-electron chi connectivity index (χ0n) is 11.1. The SMILES string of the molecule is CCCC(CBr)CN1CCCC(N(C)C)C1. The van der Waals surface area contributed by atoms with E-state index < -0.39 is 0 Å². The molecule has 2 atom stereocenters. The summed E-state index contributed by atoms with van der Waals surface area (Å²) < 4.78 is 0. The van der Waals surface area contributed by atoms with Crippen LogP contribution in [0, 0.1) is 5.92 Å². The van der Waals surface area contributed by atoms with Crippen molar-refractivity contribution in [1.29, 1.82) is 0 Å². The lowest BCUT2D eigenvalue weighted by molar-refractivity contribution is 0.120. The Labute approximate surface area is 109 Å². The van der Waals surface area contributed by atoms with Crippen molar-refractivity contribution in [3.8, 4) is 0 Å². The summed E-state index contributed by atoms with van der Waals surface area (Å²) in [5.74, 6) is 0.839. The van der Waals surface area contributed by atoms with E-state index in [4.69, 9.17) is 0 Å². The fraction of sp³-hybridized carbons (Fsp3) is 1.00. The maximum Gasteiger partial charge on any atom is 0.0217 e. The van der Waals surface area contributed by atoms with Gasteiger partial charge in [-0.25, -0.2) is 0 Å². The number of alkyl halides is 1. The van der Waals surface area contributed by atoms with Crippen LogP contribution in [0.3, 0.4) is 0 Å². The second-order valence-corrected chi connectivity index (χ2v) is 5.98. The monoisotopic (exact) mass is 290 g/mol. The predicted octanol–water partition coefficient (Wildman–Crippen LogP) is 2.82. The number of hydrogen-bond acceptors (Lipinski definition) is 2. The molecule has 0 aliphatic carbocycles. The van der Waals surface area contributed by atoms with E-state index in [-0.39, 0.29) is 0 Å². The molecule has 2 nitrogen and oxygen atoms in total. The minimum atomic E-state index is 0.770. The van der Waals surface area contributed by atoms with Crippen molar-refractivity contribution < 1.29 is 0 Å². The van der Waals surface area contributed by atoms with E-state index in [2.05, 4.69) is 46.7 Å². The highest BCUT2D eigenvalue weighted by Gasteiger charge is 2.22. The Balaban J connectivity index is 2.35. The van der Waals surface area contributed by atoms with Crippen LogP contribution in [-0.4, -0.2) is 54.9 Å². The van der Waals surface area contributed by atoms with Crippen molar-refractivity contribution in [2.75, 3.05) is 39.1 Å². The topological polar surface area (TPSA) is 6.48 Å². The van der Waals surface area contributed by atoms with Crippen LogP contribution in [-0.2, 0) is 0 Å². The van der Waals surface area contributed by atoms with E-state index in [0.29, 0.717) is 0 Å². The zero-order chi connectivity index (χ0) is 12.0. The Morgan fingerprint density at radius 2 is 2.19 bits per heavy atom. The Kier molecular flexibility index (Phi) is 6.94. The fourth-order valence-corrected chi connectivity index (χ4v) is 3.14.